The number of rotatable bonds is 4. The van der Waals surface area contributed by atoms with Gasteiger partial charge < -0.3 is 4.74 Å². The minimum atomic E-state index is -0.494. The zero-order valence-corrected chi connectivity index (χ0v) is 14.6. The number of nitrogens with one attached hydrogen (secondary N) is 2. The Labute approximate surface area is 139 Å². The molecule has 120 valence electrons. The zero-order chi connectivity index (χ0) is 16.7. The van der Waals surface area contributed by atoms with E-state index in [0.29, 0.717) is 21.3 Å². The Balaban J connectivity index is 2.94. The molecule has 0 fully saturated rings. The van der Waals surface area contributed by atoms with Crippen LogP contribution in [0.15, 0.2) is 6.07 Å². The average molecular weight is 341 g/mol. The molecule has 0 unspecified atom stereocenters. The van der Waals surface area contributed by atoms with E-state index in [9.17, 15) is 9.59 Å². The van der Waals surface area contributed by atoms with E-state index in [1.165, 1.54) is 17.8 Å². The first kappa shape index (κ1) is 18.4. The van der Waals surface area contributed by atoms with Crippen molar-refractivity contribution in [1.29, 1.82) is 0 Å². The standard InChI is InChI=1S/C14H19N3O3S2/c1-5-20-13(19)11-7-10(8(3)15-9(11)4)12(18)16-17-14(21)22-6-2/h7H,5-6H2,1-4H3,(H,16,18)(H,17,21). The highest BCUT2D eigenvalue weighted by Crippen LogP contribution is 2.14. The maximum Gasteiger partial charge on any atom is 0.339 e. The minimum absolute atomic E-state index is 0.262. The van der Waals surface area contributed by atoms with E-state index in [4.69, 9.17) is 17.0 Å². The lowest BCUT2D eigenvalue weighted by Crippen LogP contribution is -2.40. The van der Waals surface area contributed by atoms with Gasteiger partial charge in [0.05, 0.1) is 29.1 Å². The molecule has 1 rings (SSSR count). The molecule has 0 radical (unpaired) electrons. The van der Waals surface area contributed by atoms with Gasteiger partial charge in [0.15, 0.2) is 4.32 Å². The quantitative estimate of drug-likeness (QED) is 0.493. The summed E-state index contributed by atoms with van der Waals surface area (Å²) in [7, 11) is 0. The topological polar surface area (TPSA) is 80.3 Å². The minimum Gasteiger partial charge on any atom is -0.462 e. The van der Waals surface area contributed by atoms with Crippen molar-refractivity contribution in [3.8, 4) is 0 Å². The first-order valence-electron chi connectivity index (χ1n) is 6.79. The number of aromatic nitrogens is 1. The molecule has 8 heteroatoms. The van der Waals surface area contributed by atoms with Crippen LogP contribution in [0, 0.1) is 13.8 Å². The lowest BCUT2D eigenvalue weighted by molar-refractivity contribution is 0.0525. The van der Waals surface area contributed by atoms with Gasteiger partial charge >= 0.3 is 5.97 Å². The Hall–Kier alpha value is -1.67. The second kappa shape index (κ2) is 8.70. The van der Waals surface area contributed by atoms with Crippen molar-refractivity contribution in [1.82, 2.24) is 15.8 Å². The van der Waals surface area contributed by atoms with E-state index in [-0.39, 0.29) is 12.2 Å². The number of thiocarbonyl (C=S) groups is 1. The fraction of sp³-hybridized carbons (Fsp3) is 0.429. The van der Waals surface area contributed by atoms with Gasteiger partial charge in [-0.2, -0.15) is 0 Å². The van der Waals surface area contributed by atoms with Crippen LogP contribution in [0.5, 0.6) is 0 Å². The molecule has 0 bridgehead atoms. The number of thioether (sulfide) groups is 1. The Kier molecular flexibility index (Phi) is 7.26. The van der Waals surface area contributed by atoms with Crippen LogP contribution in [0.25, 0.3) is 0 Å². The zero-order valence-electron chi connectivity index (χ0n) is 13.0. The second-order valence-corrected chi connectivity index (χ2v) is 6.22. The fourth-order valence-electron chi connectivity index (χ4n) is 1.71. The Morgan fingerprint density at radius 1 is 1.23 bits per heavy atom. The first-order valence-corrected chi connectivity index (χ1v) is 8.18. The van der Waals surface area contributed by atoms with Crippen LogP contribution in [0.4, 0.5) is 0 Å². The summed E-state index contributed by atoms with van der Waals surface area (Å²) in [5, 5.41) is 0. The van der Waals surface area contributed by atoms with E-state index in [2.05, 4.69) is 15.8 Å². The summed E-state index contributed by atoms with van der Waals surface area (Å²) in [4.78, 5) is 28.3. The largest absolute Gasteiger partial charge is 0.462 e. The summed E-state index contributed by atoms with van der Waals surface area (Å²) < 4.78 is 5.43. The van der Waals surface area contributed by atoms with Gasteiger partial charge in [0.1, 0.15) is 0 Å². The number of hydrazine groups is 1. The normalized spacial score (nSPS) is 10.0. The van der Waals surface area contributed by atoms with Crippen LogP contribution in [0.1, 0.15) is 46.0 Å². The molecule has 1 heterocycles. The Bertz CT molecular complexity index is 591. The lowest BCUT2D eigenvalue weighted by Gasteiger charge is -2.12. The van der Waals surface area contributed by atoms with Crippen molar-refractivity contribution >= 4 is 40.2 Å². The van der Waals surface area contributed by atoms with Gasteiger partial charge in [-0.1, -0.05) is 30.9 Å². The molecule has 0 saturated heterocycles. The highest BCUT2D eigenvalue weighted by molar-refractivity contribution is 8.22. The van der Waals surface area contributed by atoms with Crippen molar-refractivity contribution in [2.45, 2.75) is 27.7 Å². The number of esters is 1. The summed E-state index contributed by atoms with van der Waals surface area (Å²) in [5.41, 5.74) is 6.78. The van der Waals surface area contributed by atoms with Gasteiger partial charge in [0.2, 0.25) is 0 Å². The highest BCUT2D eigenvalue weighted by atomic mass is 32.2. The summed E-state index contributed by atoms with van der Waals surface area (Å²) in [6.07, 6.45) is 0. The van der Waals surface area contributed by atoms with E-state index in [0.717, 1.165) is 5.75 Å². The number of hydrogen-bond donors (Lipinski definition) is 2. The van der Waals surface area contributed by atoms with Gasteiger partial charge in [0, 0.05) is 0 Å². The summed E-state index contributed by atoms with van der Waals surface area (Å²) >= 11 is 6.43. The average Bonchev–Trinajstić information content (AvgIpc) is 2.45. The summed E-state index contributed by atoms with van der Waals surface area (Å²) in [6, 6.07) is 1.49. The predicted molar refractivity (Wildman–Crippen MR) is 91.0 cm³/mol. The molecule has 1 amide bonds. The summed E-state index contributed by atoms with van der Waals surface area (Å²) in [6.45, 7) is 7.35. The number of carbonyl (C=O) groups is 2. The molecular formula is C14H19N3O3S2. The van der Waals surface area contributed by atoms with Gasteiger partial charge in [0.25, 0.3) is 5.91 Å². The molecule has 2 N–H and O–H groups in total. The molecule has 0 aliphatic carbocycles. The molecule has 1 aromatic rings. The molecule has 0 atom stereocenters. The van der Waals surface area contributed by atoms with Crippen LogP contribution in [-0.4, -0.2) is 33.5 Å². The first-order chi connectivity index (χ1) is 10.4. The predicted octanol–water partition coefficient (Wildman–Crippen LogP) is 2.15. The number of pyridine rings is 1. The van der Waals surface area contributed by atoms with Crippen molar-refractivity contribution in [2.24, 2.45) is 0 Å². The summed E-state index contributed by atoms with van der Waals surface area (Å²) in [5.74, 6) is -0.0963. The third-order valence-electron chi connectivity index (χ3n) is 2.70. The van der Waals surface area contributed by atoms with Gasteiger partial charge in [-0.05, 0) is 32.6 Å². The number of hydrogen-bond acceptors (Lipinski definition) is 6. The van der Waals surface area contributed by atoms with Crippen LogP contribution in [0.2, 0.25) is 0 Å². The number of aryl methyl sites for hydroxylation is 2. The number of ether oxygens (including phenoxy) is 1. The second-order valence-electron chi connectivity index (χ2n) is 4.27. The molecule has 0 aliphatic heterocycles. The van der Waals surface area contributed by atoms with Gasteiger partial charge in [-0.15, -0.1) is 0 Å². The van der Waals surface area contributed by atoms with E-state index >= 15 is 0 Å². The molecule has 0 aliphatic rings. The Morgan fingerprint density at radius 3 is 2.45 bits per heavy atom. The lowest BCUT2D eigenvalue weighted by atomic mass is 10.1. The van der Waals surface area contributed by atoms with Crippen LogP contribution in [0.3, 0.4) is 0 Å². The molecular weight excluding hydrogens is 322 g/mol. The third kappa shape index (κ3) is 4.96. The Morgan fingerprint density at radius 2 is 1.86 bits per heavy atom. The SMILES string of the molecule is CCOC(=O)c1cc(C(=O)NNC(=S)SCC)c(C)nc1C. The number of carbonyl (C=O) groups excluding carboxylic acids is 2. The number of nitrogens with zero attached hydrogens (tertiary/aromatic N) is 1. The molecule has 0 aromatic carbocycles. The molecule has 0 spiro atoms. The van der Waals surface area contributed by atoms with Crippen LogP contribution < -0.4 is 10.9 Å². The van der Waals surface area contributed by atoms with Gasteiger partial charge in [-0.3, -0.25) is 20.6 Å². The van der Waals surface area contributed by atoms with Crippen molar-refractivity contribution in [3.63, 3.8) is 0 Å². The molecule has 6 nitrogen and oxygen atoms in total. The van der Waals surface area contributed by atoms with E-state index in [1.807, 2.05) is 6.92 Å². The van der Waals surface area contributed by atoms with Crippen molar-refractivity contribution in [3.05, 3.63) is 28.6 Å². The molecule has 22 heavy (non-hydrogen) atoms. The van der Waals surface area contributed by atoms with Crippen molar-refractivity contribution < 1.29 is 14.3 Å². The smallest absolute Gasteiger partial charge is 0.339 e. The van der Waals surface area contributed by atoms with E-state index < -0.39 is 11.9 Å². The maximum atomic E-state index is 12.2. The van der Waals surface area contributed by atoms with E-state index in [1.54, 1.807) is 20.8 Å². The monoisotopic (exact) mass is 341 g/mol. The van der Waals surface area contributed by atoms with Gasteiger partial charge in [-0.25, -0.2) is 4.79 Å². The van der Waals surface area contributed by atoms with Crippen LogP contribution >= 0.6 is 24.0 Å². The molecule has 0 saturated carbocycles. The third-order valence-corrected chi connectivity index (χ3v) is 3.81. The molecule has 1 aromatic heterocycles. The highest BCUT2D eigenvalue weighted by Gasteiger charge is 2.18. The van der Waals surface area contributed by atoms with Crippen molar-refractivity contribution in [2.75, 3.05) is 12.4 Å². The number of amides is 1. The maximum absolute atomic E-state index is 12.2. The fourth-order valence-corrected chi connectivity index (χ4v) is 2.50. The van der Waals surface area contributed by atoms with Crippen LogP contribution in [-0.2, 0) is 4.74 Å².